The highest BCUT2D eigenvalue weighted by molar-refractivity contribution is 5.91. The summed E-state index contributed by atoms with van der Waals surface area (Å²) in [6.45, 7) is 9.12. The quantitative estimate of drug-likeness (QED) is 0.823. The van der Waals surface area contributed by atoms with Crippen LogP contribution < -0.4 is 0 Å². The van der Waals surface area contributed by atoms with Crippen LogP contribution in [-0.2, 0) is 4.79 Å². The van der Waals surface area contributed by atoms with Crippen LogP contribution in [0.2, 0.25) is 0 Å². The topological polar surface area (TPSA) is 53.8 Å². The van der Waals surface area contributed by atoms with Crippen molar-refractivity contribution in [1.82, 2.24) is 9.80 Å². The molecule has 0 saturated heterocycles. The molecule has 5 heteroatoms. The van der Waals surface area contributed by atoms with Crippen LogP contribution in [0.15, 0.2) is 22.8 Å². The zero-order valence-corrected chi connectivity index (χ0v) is 12.5. The molecule has 0 N–H and O–H groups in total. The zero-order valence-electron chi connectivity index (χ0n) is 12.5. The molecule has 0 bridgehead atoms. The summed E-state index contributed by atoms with van der Waals surface area (Å²) in [7, 11) is 1.69. The summed E-state index contributed by atoms with van der Waals surface area (Å²) in [4.78, 5) is 26.2. The van der Waals surface area contributed by atoms with Crippen LogP contribution in [0.5, 0.6) is 0 Å². The molecule has 1 rings (SSSR count). The third-order valence-corrected chi connectivity index (χ3v) is 2.61. The average molecular weight is 268 g/mol. The van der Waals surface area contributed by atoms with Gasteiger partial charge in [-0.05, 0) is 19.1 Å². The van der Waals surface area contributed by atoms with Gasteiger partial charge in [0.2, 0.25) is 5.91 Å². The maximum absolute atomic E-state index is 11.8. The molecule has 0 radical (unpaired) electrons. The van der Waals surface area contributed by atoms with Gasteiger partial charge in [-0.2, -0.15) is 0 Å². The molecule has 0 aliphatic rings. The van der Waals surface area contributed by atoms with Crippen molar-refractivity contribution in [2.24, 2.45) is 0 Å². The molecule has 0 aliphatic heterocycles. The number of carbonyl (C=O) groups excluding carboxylic acids is 2. The fourth-order valence-electron chi connectivity index (χ4n) is 1.50. The zero-order chi connectivity index (χ0) is 14.8. The number of amides is 2. The third kappa shape index (κ3) is 5.59. The molecular formula is C14H24N2O3. The first kappa shape index (κ1) is 17.2. The predicted octanol–water partition coefficient (Wildman–Crippen LogP) is 2.25. The number of carbonyl (C=O) groups is 2. The van der Waals surface area contributed by atoms with Crippen LogP contribution in [0.25, 0.3) is 0 Å². The Labute approximate surface area is 115 Å². The molecule has 0 unspecified atom stereocenters. The lowest BCUT2D eigenvalue weighted by Crippen LogP contribution is -2.38. The largest absolute Gasteiger partial charge is 0.459 e. The van der Waals surface area contributed by atoms with E-state index in [-0.39, 0.29) is 11.8 Å². The Morgan fingerprint density at radius 3 is 2.32 bits per heavy atom. The molecule has 0 fully saturated rings. The lowest BCUT2D eigenvalue weighted by Gasteiger charge is -2.23. The highest BCUT2D eigenvalue weighted by Crippen LogP contribution is 2.04. The minimum absolute atomic E-state index is 0.0198. The maximum Gasteiger partial charge on any atom is 0.289 e. The van der Waals surface area contributed by atoms with E-state index in [2.05, 4.69) is 0 Å². The summed E-state index contributed by atoms with van der Waals surface area (Å²) in [5.41, 5.74) is 0. The van der Waals surface area contributed by atoms with Gasteiger partial charge in [0.25, 0.3) is 5.91 Å². The van der Waals surface area contributed by atoms with Crippen LogP contribution in [0.1, 0.15) is 38.2 Å². The first-order chi connectivity index (χ1) is 9.06. The minimum atomic E-state index is -0.172. The SMILES string of the molecule is CC.CCN(CCN(C)C(=O)c1ccco1)C(C)=O. The summed E-state index contributed by atoms with van der Waals surface area (Å²) >= 11 is 0. The summed E-state index contributed by atoms with van der Waals surface area (Å²) in [6.07, 6.45) is 1.47. The molecule has 2 amide bonds. The molecule has 0 atom stereocenters. The fraction of sp³-hybridized carbons (Fsp3) is 0.571. The fourth-order valence-corrected chi connectivity index (χ4v) is 1.50. The van der Waals surface area contributed by atoms with E-state index in [0.29, 0.717) is 25.4 Å². The molecular weight excluding hydrogens is 244 g/mol. The Morgan fingerprint density at radius 1 is 1.26 bits per heavy atom. The molecule has 0 aliphatic carbocycles. The number of hydrogen-bond acceptors (Lipinski definition) is 3. The van der Waals surface area contributed by atoms with E-state index >= 15 is 0 Å². The van der Waals surface area contributed by atoms with E-state index < -0.39 is 0 Å². The average Bonchev–Trinajstić information content (AvgIpc) is 2.94. The van der Waals surface area contributed by atoms with Crippen molar-refractivity contribution in [3.8, 4) is 0 Å². The Bertz CT molecular complexity index is 374. The number of hydrogen-bond donors (Lipinski definition) is 0. The smallest absolute Gasteiger partial charge is 0.289 e. The normalized spacial score (nSPS) is 9.32. The Morgan fingerprint density at radius 2 is 1.89 bits per heavy atom. The third-order valence-electron chi connectivity index (χ3n) is 2.61. The van der Waals surface area contributed by atoms with E-state index in [4.69, 9.17) is 4.42 Å². The van der Waals surface area contributed by atoms with Crippen LogP contribution in [0.3, 0.4) is 0 Å². The van der Waals surface area contributed by atoms with Crippen molar-refractivity contribution in [3.63, 3.8) is 0 Å². The molecule has 1 aromatic rings. The number of furan rings is 1. The van der Waals surface area contributed by atoms with Crippen molar-refractivity contribution in [2.45, 2.75) is 27.7 Å². The Kier molecular flexibility index (Phi) is 8.33. The van der Waals surface area contributed by atoms with Gasteiger partial charge in [0.05, 0.1) is 6.26 Å². The van der Waals surface area contributed by atoms with Gasteiger partial charge < -0.3 is 14.2 Å². The second-order valence-corrected chi connectivity index (χ2v) is 3.80. The number of rotatable bonds is 5. The van der Waals surface area contributed by atoms with E-state index in [1.807, 2.05) is 20.8 Å². The van der Waals surface area contributed by atoms with Gasteiger partial charge in [0.15, 0.2) is 5.76 Å². The highest BCUT2D eigenvalue weighted by atomic mass is 16.3. The minimum Gasteiger partial charge on any atom is -0.459 e. The lowest BCUT2D eigenvalue weighted by atomic mass is 10.3. The van der Waals surface area contributed by atoms with E-state index in [9.17, 15) is 9.59 Å². The van der Waals surface area contributed by atoms with Gasteiger partial charge in [0, 0.05) is 33.6 Å². The van der Waals surface area contributed by atoms with E-state index in [0.717, 1.165) is 0 Å². The molecule has 1 heterocycles. The van der Waals surface area contributed by atoms with E-state index in [1.54, 1.807) is 29.0 Å². The van der Waals surface area contributed by atoms with E-state index in [1.165, 1.54) is 13.2 Å². The maximum atomic E-state index is 11.8. The van der Waals surface area contributed by atoms with Crippen LogP contribution in [0, 0.1) is 0 Å². The van der Waals surface area contributed by atoms with Crippen LogP contribution in [0.4, 0.5) is 0 Å². The highest BCUT2D eigenvalue weighted by Gasteiger charge is 2.15. The van der Waals surface area contributed by atoms with Gasteiger partial charge in [-0.1, -0.05) is 13.8 Å². The summed E-state index contributed by atoms with van der Waals surface area (Å²) in [6, 6.07) is 3.30. The summed E-state index contributed by atoms with van der Waals surface area (Å²) in [5.74, 6) is 0.166. The summed E-state index contributed by atoms with van der Waals surface area (Å²) in [5, 5.41) is 0. The second-order valence-electron chi connectivity index (χ2n) is 3.80. The number of likely N-dealkylation sites (N-methyl/N-ethyl adjacent to an activating group) is 2. The first-order valence-electron chi connectivity index (χ1n) is 6.60. The molecule has 108 valence electrons. The second kappa shape index (κ2) is 9.19. The molecule has 5 nitrogen and oxygen atoms in total. The van der Waals surface area contributed by atoms with Gasteiger partial charge in [0.1, 0.15) is 0 Å². The Balaban J connectivity index is 0.00000154. The number of nitrogens with zero attached hydrogens (tertiary/aromatic N) is 2. The molecule has 0 spiro atoms. The first-order valence-corrected chi connectivity index (χ1v) is 6.60. The van der Waals surface area contributed by atoms with Gasteiger partial charge in [-0.25, -0.2) is 0 Å². The monoisotopic (exact) mass is 268 g/mol. The molecule has 1 aromatic heterocycles. The van der Waals surface area contributed by atoms with Gasteiger partial charge in [-0.15, -0.1) is 0 Å². The van der Waals surface area contributed by atoms with Crippen molar-refractivity contribution in [1.29, 1.82) is 0 Å². The standard InChI is InChI=1S/C12H18N2O3.C2H6/c1-4-14(10(2)15)8-7-13(3)12(16)11-6-5-9-17-11;1-2/h5-6,9H,4,7-8H2,1-3H3;1-2H3. The van der Waals surface area contributed by atoms with Gasteiger partial charge in [-0.3, -0.25) is 9.59 Å². The van der Waals surface area contributed by atoms with Gasteiger partial charge >= 0.3 is 0 Å². The lowest BCUT2D eigenvalue weighted by molar-refractivity contribution is -0.128. The molecule has 0 aromatic carbocycles. The van der Waals surface area contributed by atoms with Crippen LogP contribution in [-0.4, -0.2) is 48.3 Å². The summed E-state index contributed by atoms with van der Waals surface area (Å²) < 4.78 is 5.03. The van der Waals surface area contributed by atoms with Crippen molar-refractivity contribution < 1.29 is 14.0 Å². The Hall–Kier alpha value is -1.78. The van der Waals surface area contributed by atoms with Crippen LogP contribution >= 0.6 is 0 Å². The van der Waals surface area contributed by atoms with Crippen molar-refractivity contribution in [3.05, 3.63) is 24.2 Å². The molecule has 0 saturated carbocycles. The van der Waals surface area contributed by atoms with Crippen molar-refractivity contribution >= 4 is 11.8 Å². The van der Waals surface area contributed by atoms with Crippen molar-refractivity contribution in [2.75, 3.05) is 26.7 Å². The predicted molar refractivity (Wildman–Crippen MR) is 74.9 cm³/mol. The molecule has 19 heavy (non-hydrogen) atoms.